The van der Waals surface area contributed by atoms with Crippen molar-refractivity contribution in [3.63, 3.8) is 0 Å². The minimum atomic E-state index is -0.136. The number of hydrogen-bond donors (Lipinski definition) is 0. The molecule has 0 bridgehead atoms. The Bertz CT molecular complexity index is 681. The van der Waals surface area contributed by atoms with Gasteiger partial charge in [0.25, 0.3) is 0 Å². The molecule has 138 valence electrons. The number of rotatable bonds is 10. The van der Waals surface area contributed by atoms with E-state index >= 15 is 0 Å². The Kier molecular flexibility index (Phi) is 8.53. The van der Waals surface area contributed by atoms with Gasteiger partial charge in [-0.3, -0.25) is 4.79 Å². The van der Waals surface area contributed by atoms with Crippen molar-refractivity contribution in [3.05, 3.63) is 54.6 Å². The van der Waals surface area contributed by atoms with Gasteiger partial charge in [0.05, 0.1) is 17.3 Å². The number of carbonyl (C=O) groups is 1. The quantitative estimate of drug-likeness (QED) is 0.200. The summed E-state index contributed by atoms with van der Waals surface area (Å²) in [4.78, 5) is 12.3. The van der Waals surface area contributed by atoms with Gasteiger partial charge in [-0.25, -0.2) is 0 Å². The Morgan fingerprint density at radius 3 is 2.15 bits per heavy atom. The van der Waals surface area contributed by atoms with Crippen molar-refractivity contribution < 1.29 is 9.53 Å². The van der Waals surface area contributed by atoms with E-state index in [0.29, 0.717) is 5.75 Å². The van der Waals surface area contributed by atoms with Crippen molar-refractivity contribution in [1.82, 2.24) is 0 Å². The van der Waals surface area contributed by atoms with Crippen LogP contribution in [0, 0.1) is 5.92 Å². The Balaban J connectivity index is 1.87. The van der Waals surface area contributed by atoms with Gasteiger partial charge in [0, 0.05) is 0 Å². The van der Waals surface area contributed by atoms with E-state index in [1.807, 2.05) is 37.3 Å². The lowest BCUT2D eigenvalue weighted by atomic mass is 9.98. The van der Waals surface area contributed by atoms with Gasteiger partial charge in [-0.1, -0.05) is 57.7 Å². The molecule has 0 aliphatic carbocycles. The molecule has 2 aromatic carbocycles. The number of azo groups is 1. The number of ether oxygens (including phenoxy) is 1. The van der Waals surface area contributed by atoms with Gasteiger partial charge < -0.3 is 4.74 Å². The van der Waals surface area contributed by atoms with E-state index in [1.54, 1.807) is 24.3 Å². The third-order valence-electron chi connectivity index (χ3n) is 4.32. The van der Waals surface area contributed by atoms with Gasteiger partial charge in [-0.15, -0.1) is 0 Å². The minimum Gasteiger partial charge on any atom is -0.426 e. The van der Waals surface area contributed by atoms with Gasteiger partial charge in [-0.05, 0) is 49.2 Å². The lowest BCUT2D eigenvalue weighted by Gasteiger charge is -2.13. The SMILES string of the molecule is CCCCCCC(CC)C(=O)Oc1ccc(N=Nc2ccccc2)cc1. The summed E-state index contributed by atoms with van der Waals surface area (Å²) in [6.45, 7) is 4.23. The van der Waals surface area contributed by atoms with Crippen LogP contribution < -0.4 is 4.74 Å². The first-order chi connectivity index (χ1) is 12.7. The molecule has 0 amide bonds. The second-order valence-electron chi connectivity index (χ2n) is 6.41. The zero-order chi connectivity index (χ0) is 18.6. The summed E-state index contributed by atoms with van der Waals surface area (Å²) in [6.07, 6.45) is 6.41. The fraction of sp³-hybridized carbons (Fsp3) is 0.409. The predicted octanol–water partition coefficient (Wildman–Crippen LogP) is 7.00. The smallest absolute Gasteiger partial charge is 0.314 e. The topological polar surface area (TPSA) is 51.0 Å². The highest BCUT2D eigenvalue weighted by molar-refractivity contribution is 5.75. The summed E-state index contributed by atoms with van der Waals surface area (Å²) in [5.74, 6) is 0.396. The van der Waals surface area contributed by atoms with E-state index in [0.717, 1.165) is 30.6 Å². The Morgan fingerprint density at radius 1 is 0.885 bits per heavy atom. The van der Waals surface area contributed by atoms with Crippen molar-refractivity contribution in [2.75, 3.05) is 0 Å². The van der Waals surface area contributed by atoms with Crippen LogP contribution in [-0.2, 0) is 4.79 Å². The molecule has 26 heavy (non-hydrogen) atoms. The highest BCUT2D eigenvalue weighted by atomic mass is 16.5. The normalized spacial score (nSPS) is 12.2. The molecule has 0 aliphatic heterocycles. The Morgan fingerprint density at radius 2 is 1.54 bits per heavy atom. The summed E-state index contributed by atoms with van der Waals surface area (Å²) in [7, 11) is 0. The molecule has 2 rings (SSSR count). The van der Waals surface area contributed by atoms with Crippen molar-refractivity contribution >= 4 is 17.3 Å². The number of esters is 1. The maximum atomic E-state index is 12.3. The second-order valence-corrected chi connectivity index (χ2v) is 6.41. The van der Waals surface area contributed by atoms with Gasteiger partial charge >= 0.3 is 5.97 Å². The third-order valence-corrected chi connectivity index (χ3v) is 4.32. The summed E-state index contributed by atoms with van der Waals surface area (Å²) in [5.41, 5.74) is 1.53. The van der Waals surface area contributed by atoms with Gasteiger partial charge in [0.2, 0.25) is 0 Å². The second kappa shape index (κ2) is 11.2. The Labute approximate surface area is 156 Å². The maximum Gasteiger partial charge on any atom is 0.314 e. The number of carbonyl (C=O) groups excluding carboxylic acids is 1. The highest BCUT2D eigenvalue weighted by Gasteiger charge is 2.18. The number of unbranched alkanes of at least 4 members (excludes halogenated alkanes) is 3. The summed E-state index contributed by atoms with van der Waals surface area (Å²) < 4.78 is 5.53. The molecule has 0 aliphatic rings. The summed E-state index contributed by atoms with van der Waals surface area (Å²) >= 11 is 0. The monoisotopic (exact) mass is 352 g/mol. The van der Waals surface area contributed by atoms with Crippen LogP contribution in [0.1, 0.15) is 52.4 Å². The van der Waals surface area contributed by atoms with E-state index < -0.39 is 0 Å². The first-order valence-corrected chi connectivity index (χ1v) is 9.51. The van der Waals surface area contributed by atoms with Crippen LogP contribution in [0.15, 0.2) is 64.8 Å². The zero-order valence-electron chi connectivity index (χ0n) is 15.7. The van der Waals surface area contributed by atoms with E-state index in [9.17, 15) is 4.79 Å². The van der Waals surface area contributed by atoms with E-state index in [4.69, 9.17) is 4.74 Å². The minimum absolute atomic E-state index is 0.0238. The molecule has 2 aromatic rings. The molecule has 0 fully saturated rings. The molecule has 0 aromatic heterocycles. The van der Waals surface area contributed by atoms with E-state index in [2.05, 4.69) is 17.2 Å². The molecule has 0 N–H and O–H groups in total. The van der Waals surface area contributed by atoms with Crippen molar-refractivity contribution in [2.24, 2.45) is 16.1 Å². The number of nitrogens with zero attached hydrogens (tertiary/aromatic N) is 2. The van der Waals surface area contributed by atoms with Crippen LogP contribution in [0.3, 0.4) is 0 Å². The first kappa shape index (κ1) is 19.8. The van der Waals surface area contributed by atoms with Crippen molar-refractivity contribution in [1.29, 1.82) is 0 Å². The van der Waals surface area contributed by atoms with Crippen LogP contribution in [0.2, 0.25) is 0 Å². The molecule has 4 heteroatoms. The first-order valence-electron chi connectivity index (χ1n) is 9.51. The standard InChI is InChI=1S/C22H28N2O2/c1-3-5-6-8-11-18(4-2)22(25)26-21-16-14-20(15-17-21)24-23-19-12-9-7-10-13-19/h7,9-10,12-18H,3-6,8,11H2,1-2H3. The lowest BCUT2D eigenvalue weighted by Crippen LogP contribution is -2.20. The molecule has 0 spiro atoms. The predicted molar refractivity (Wildman–Crippen MR) is 105 cm³/mol. The van der Waals surface area contributed by atoms with E-state index in [1.165, 1.54) is 19.3 Å². The van der Waals surface area contributed by atoms with Crippen LogP contribution in [0.4, 0.5) is 11.4 Å². The number of benzene rings is 2. The van der Waals surface area contributed by atoms with Crippen LogP contribution in [0.5, 0.6) is 5.75 Å². The maximum absolute atomic E-state index is 12.3. The average molecular weight is 352 g/mol. The van der Waals surface area contributed by atoms with Gasteiger partial charge in [0.15, 0.2) is 0 Å². The van der Waals surface area contributed by atoms with Gasteiger partial charge in [-0.2, -0.15) is 10.2 Å². The summed E-state index contributed by atoms with van der Waals surface area (Å²) in [5, 5.41) is 8.37. The Hall–Kier alpha value is -2.49. The number of hydrogen-bond acceptors (Lipinski definition) is 4. The zero-order valence-corrected chi connectivity index (χ0v) is 15.7. The van der Waals surface area contributed by atoms with E-state index in [-0.39, 0.29) is 11.9 Å². The molecule has 1 unspecified atom stereocenters. The largest absolute Gasteiger partial charge is 0.426 e. The van der Waals surface area contributed by atoms with Crippen molar-refractivity contribution in [2.45, 2.75) is 52.4 Å². The van der Waals surface area contributed by atoms with Crippen molar-refractivity contribution in [3.8, 4) is 5.75 Å². The molecule has 1 atom stereocenters. The highest BCUT2D eigenvalue weighted by Crippen LogP contribution is 2.23. The molecular weight excluding hydrogens is 324 g/mol. The fourth-order valence-corrected chi connectivity index (χ4v) is 2.70. The lowest BCUT2D eigenvalue weighted by molar-refractivity contribution is -0.139. The summed E-state index contributed by atoms with van der Waals surface area (Å²) in [6, 6.07) is 16.7. The molecule has 0 heterocycles. The average Bonchev–Trinajstić information content (AvgIpc) is 2.68. The van der Waals surface area contributed by atoms with Gasteiger partial charge in [0.1, 0.15) is 5.75 Å². The third kappa shape index (κ3) is 6.79. The fourth-order valence-electron chi connectivity index (χ4n) is 2.70. The molecule has 4 nitrogen and oxygen atoms in total. The molecule has 0 saturated heterocycles. The molecular formula is C22H28N2O2. The van der Waals surface area contributed by atoms with Crippen LogP contribution in [-0.4, -0.2) is 5.97 Å². The molecule has 0 radical (unpaired) electrons. The molecule has 0 saturated carbocycles. The van der Waals surface area contributed by atoms with Crippen LogP contribution in [0.25, 0.3) is 0 Å². The van der Waals surface area contributed by atoms with Crippen LogP contribution >= 0.6 is 0 Å².